The lowest BCUT2D eigenvalue weighted by molar-refractivity contribution is -0.121. The number of benzene rings is 1. The summed E-state index contributed by atoms with van der Waals surface area (Å²) in [4.78, 5) is 33.1. The summed E-state index contributed by atoms with van der Waals surface area (Å²) < 4.78 is 6.87. The van der Waals surface area contributed by atoms with Crippen LogP contribution in [0.3, 0.4) is 0 Å². The van der Waals surface area contributed by atoms with Gasteiger partial charge in [0.15, 0.2) is 5.82 Å². The minimum atomic E-state index is -0.582. The number of carbonyl (C=O) groups excluding carboxylic acids is 2. The smallest absolute Gasteiger partial charge is 0.408 e. The molecule has 0 saturated heterocycles. The molecular formula is C23H29ClN6O3. The zero-order chi connectivity index (χ0) is 24.2. The SMILES string of the molecule is Cc1nc2nc(CNC(=O)OC(C)(C)C)nn2c(C)c1CCC(=O)NCc1ccc(Cl)cc1. The molecule has 3 aromatic rings. The van der Waals surface area contributed by atoms with Gasteiger partial charge in [-0.05, 0) is 64.3 Å². The Kier molecular flexibility index (Phi) is 7.53. The first kappa shape index (κ1) is 24.4. The zero-order valence-electron chi connectivity index (χ0n) is 19.5. The van der Waals surface area contributed by atoms with Gasteiger partial charge in [0.2, 0.25) is 5.91 Å². The Labute approximate surface area is 197 Å². The third-order valence-electron chi connectivity index (χ3n) is 4.89. The molecule has 0 unspecified atom stereocenters. The van der Waals surface area contributed by atoms with Crippen LogP contribution in [0.1, 0.15) is 55.5 Å². The molecule has 33 heavy (non-hydrogen) atoms. The standard InChI is InChI=1S/C23H29ClN6O3/c1-14-18(10-11-20(31)25-12-16-6-8-17(24)9-7-16)15(2)30-21(27-14)28-19(29-30)13-26-22(32)33-23(3,4)5/h6-9H,10-13H2,1-5H3,(H,25,31)(H,26,32). The first-order chi connectivity index (χ1) is 15.5. The molecule has 10 heteroatoms. The van der Waals surface area contributed by atoms with Gasteiger partial charge in [-0.2, -0.15) is 4.98 Å². The summed E-state index contributed by atoms with van der Waals surface area (Å²) in [5.74, 6) is 0.820. The lowest BCUT2D eigenvalue weighted by atomic mass is 10.1. The number of hydrogen-bond acceptors (Lipinski definition) is 6. The second-order valence-corrected chi connectivity index (χ2v) is 9.20. The highest BCUT2D eigenvalue weighted by molar-refractivity contribution is 6.30. The van der Waals surface area contributed by atoms with Gasteiger partial charge in [-0.25, -0.2) is 14.3 Å². The van der Waals surface area contributed by atoms with E-state index in [1.54, 1.807) is 37.4 Å². The molecule has 2 heterocycles. The van der Waals surface area contributed by atoms with Crippen molar-refractivity contribution in [3.63, 3.8) is 0 Å². The maximum atomic E-state index is 12.4. The van der Waals surface area contributed by atoms with Gasteiger partial charge in [-0.1, -0.05) is 23.7 Å². The van der Waals surface area contributed by atoms with Crippen LogP contribution in [0.5, 0.6) is 0 Å². The van der Waals surface area contributed by atoms with Crippen molar-refractivity contribution in [3.05, 3.63) is 57.6 Å². The average Bonchev–Trinajstić information content (AvgIpc) is 3.13. The monoisotopic (exact) mass is 472 g/mol. The molecule has 0 radical (unpaired) electrons. The van der Waals surface area contributed by atoms with Gasteiger partial charge in [0.1, 0.15) is 5.60 Å². The maximum absolute atomic E-state index is 12.4. The molecule has 9 nitrogen and oxygen atoms in total. The van der Waals surface area contributed by atoms with E-state index in [4.69, 9.17) is 16.3 Å². The molecule has 0 aliphatic rings. The normalized spacial score (nSPS) is 11.5. The third-order valence-corrected chi connectivity index (χ3v) is 5.14. The van der Waals surface area contributed by atoms with E-state index < -0.39 is 11.7 Å². The number of halogens is 1. The predicted molar refractivity (Wildman–Crippen MR) is 125 cm³/mol. The van der Waals surface area contributed by atoms with Crippen LogP contribution >= 0.6 is 11.6 Å². The van der Waals surface area contributed by atoms with Crippen molar-refractivity contribution in [2.45, 2.75) is 66.2 Å². The van der Waals surface area contributed by atoms with Crippen LogP contribution in [-0.2, 0) is 29.0 Å². The predicted octanol–water partition coefficient (Wildman–Crippen LogP) is 3.67. The van der Waals surface area contributed by atoms with Crippen LogP contribution in [0.4, 0.5) is 4.79 Å². The number of hydrogen-bond donors (Lipinski definition) is 2. The van der Waals surface area contributed by atoms with Crippen LogP contribution < -0.4 is 10.6 Å². The highest BCUT2D eigenvalue weighted by Crippen LogP contribution is 2.16. The summed E-state index contributed by atoms with van der Waals surface area (Å²) in [5.41, 5.74) is 3.00. The second kappa shape index (κ2) is 10.2. The van der Waals surface area contributed by atoms with E-state index in [0.29, 0.717) is 36.0 Å². The van der Waals surface area contributed by atoms with Crippen molar-refractivity contribution in [1.82, 2.24) is 30.2 Å². The lowest BCUT2D eigenvalue weighted by Crippen LogP contribution is -2.32. The van der Waals surface area contributed by atoms with Crippen LogP contribution in [0.2, 0.25) is 5.02 Å². The lowest BCUT2D eigenvalue weighted by Gasteiger charge is -2.19. The summed E-state index contributed by atoms with van der Waals surface area (Å²) in [6.45, 7) is 9.77. The fraction of sp³-hybridized carbons (Fsp3) is 0.435. The average molecular weight is 473 g/mol. The Morgan fingerprint density at radius 1 is 1.06 bits per heavy atom. The zero-order valence-corrected chi connectivity index (χ0v) is 20.3. The molecule has 1 aromatic carbocycles. The number of aromatic nitrogens is 4. The fourth-order valence-electron chi connectivity index (χ4n) is 3.28. The van der Waals surface area contributed by atoms with E-state index in [1.165, 1.54) is 0 Å². The number of fused-ring (bicyclic) bond motifs is 1. The van der Waals surface area contributed by atoms with Gasteiger partial charge in [0, 0.05) is 29.4 Å². The molecular weight excluding hydrogens is 444 g/mol. The number of aryl methyl sites for hydroxylation is 2. The molecule has 0 saturated carbocycles. The molecule has 0 atom stereocenters. The first-order valence-corrected chi connectivity index (χ1v) is 11.1. The van der Waals surface area contributed by atoms with Crippen molar-refractivity contribution >= 4 is 29.4 Å². The Balaban J connectivity index is 1.61. The number of rotatable bonds is 7. The van der Waals surface area contributed by atoms with E-state index in [0.717, 1.165) is 22.5 Å². The minimum absolute atomic E-state index is 0.0512. The van der Waals surface area contributed by atoms with E-state index >= 15 is 0 Å². The summed E-state index contributed by atoms with van der Waals surface area (Å²) in [5, 5.41) is 10.7. The second-order valence-electron chi connectivity index (χ2n) is 8.76. The summed E-state index contributed by atoms with van der Waals surface area (Å²) >= 11 is 5.89. The molecule has 0 aliphatic heterocycles. The number of alkyl carbamates (subject to hydrolysis) is 1. The molecule has 0 bridgehead atoms. The molecule has 0 aliphatic carbocycles. The molecule has 2 amide bonds. The Morgan fingerprint density at radius 2 is 1.76 bits per heavy atom. The number of ether oxygens (including phenoxy) is 1. The first-order valence-electron chi connectivity index (χ1n) is 10.7. The van der Waals surface area contributed by atoms with E-state index in [1.807, 2.05) is 26.0 Å². The Hall–Kier alpha value is -3.20. The summed E-state index contributed by atoms with van der Waals surface area (Å²) in [6.07, 6.45) is 0.315. The van der Waals surface area contributed by atoms with Gasteiger partial charge in [-0.3, -0.25) is 4.79 Å². The summed E-state index contributed by atoms with van der Waals surface area (Å²) in [7, 11) is 0. The number of nitrogens with zero attached hydrogens (tertiary/aromatic N) is 4. The summed E-state index contributed by atoms with van der Waals surface area (Å²) in [6, 6.07) is 7.36. The third kappa shape index (κ3) is 6.89. The van der Waals surface area contributed by atoms with Crippen LogP contribution in [0, 0.1) is 13.8 Å². The van der Waals surface area contributed by atoms with Gasteiger partial charge in [0.25, 0.3) is 5.78 Å². The van der Waals surface area contributed by atoms with Crippen molar-refractivity contribution in [2.24, 2.45) is 0 Å². The van der Waals surface area contributed by atoms with Gasteiger partial charge in [-0.15, -0.1) is 5.10 Å². The van der Waals surface area contributed by atoms with Crippen molar-refractivity contribution in [2.75, 3.05) is 0 Å². The Morgan fingerprint density at radius 3 is 2.42 bits per heavy atom. The van der Waals surface area contributed by atoms with Crippen molar-refractivity contribution in [3.8, 4) is 0 Å². The molecule has 2 N–H and O–H groups in total. The quantitative estimate of drug-likeness (QED) is 0.542. The molecule has 0 spiro atoms. The fourth-order valence-corrected chi connectivity index (χ4v) is 3.41. The maximum Gasteiger partial charge on any atom is 0.408 e. The van der Waals surface area contributed by atoms with Crippen molar-refractivity contribution < 1.29 is 14.3 Å². The Bertz CT molecular complexity index is 1150. The van der Waals surface area contributed by atoms with E-state index in [9.17, 15) is 9.59 Å². The topological polar surface area (TPSA) is 111 Å². The number of nitrogens with one attached hydrogen (secondary N) is 2. The molecule has 0 fully saturated rings. The highest BCUT2D eigenvalue weighted by Gasteiger charge is 2.18. The molecule has 176 valence electrons. The van der Waals surface area contributed by atoms with Crippen LogP contribution in [-0.4, -0.2) is 37.2 Å². The molecule has 2 aromatic heterocycles. The van der Waals surface area contributed by atoms with Gasteiger partial charge in [0.05, 0.1) is 6.54 Å². The van der Waals surface area contributed by atoms with Gasteiger partial charge >= 0.3 is 6.09 Å². The number of amides is 2. The highest BCUT2D eigenvalue weighted by atomic mass is 35.5. The van der Waals surface area contributed by atoms with Gasteiger partial charge < -0.3 is 15.4 Å². The largest absolute Gasteiger partial charge is 0.444 e. The van der Waals surface area contributed by atoms with E-state index in [-0.39, 0.29) is 12.5 Å². The van der Waals surface area contributed by atoms with Crippen LogP contribution in [0.15, 0.2) is 24.3 Å². The van der Waals surface area contributed by atoms with Crippen LogP contribution in [0.25, 0.3) is 5.78 Å². The molecule has 3 rings (SSSR count). The number of carbonyl (C=O) groups is 2. The van der Waals surface area contributed by atoms with Crippen molar-refractivity contribution in [1.29, 1.82) is 0 Å². The minimum Gasteiger partial charge on any atom is -0.444 e. The van der Waals surface area contributed by atoms with E-state index in [2.05, 4.69) is 25.7 Å².